The Morgan fingerprint density at radius 2 is 1.83 bits per heavy atom. The summed E-state index contributed by atoms with van der Waals surface area (Å²) in [5.74, 6) is 0.259. The molecule has 0 radical (unpaired) electrons. The number of carbonyl (C=O) groups excluding carboxylic acids is 2. The third-order valence-electron chi connectivity index (χ3n) is 5.48. The van der Waals surface area contributed by atoms with Crippen LogP contribution >= 0.6 is 11.8 Å². The Balaban J connectivity index is 1.20. The predicted molar refractivity (Wildman–Crippen MR) is 143 cm³/mol. The van der Waals surface area contributed by atoms with Gasteiger partial charge in [0.05, 0.1) is 6.21 Å². The summed E-state index contributed by atoms with van der Waals surface area (Å²) in [6, 6.07) is 24.9. The fourth-order valence-corrected chi connectivity index (χ4v) is 4.61. The number of aromatic amines is 1. The molecule has 2 heterocycles. The number of amides is 2. The monoisotopic (exact) mass is 497 g/mol. The summed E-state index contributed by atoms with van der Waals surface area (Å²) in [6.45, 7) is 0.481. The highest BCUT2D eigenvalue weighted by atomic mass is 32.2. The van der Waals surface area contributed by atoms with Gasteiger partial charge in [0.1, 0.15) is 17.6 Å². The molecule has 4 aromatic rings. The van der Waals surface area contributed by atoms with Crippen LogP contribution in [0.15, 0.2) is 95.3 Å². The zero-order chi connectivity index (χ0) is 24.7. The summed E-state index contributed by atoms with van der Waals surface area (Å²) in [5.41, 5.74) is 3.57. The van der Waals surface area contributed by atoms with Crippen LogP contribution in [0.25, 0.3) is 10.9 Å². The lowest BCUT2D eigenvalue weighted by Gasteiger charge is -2.06. The molecule has 0 aliphatic carbocycles. The number of aromatic nitrogens is 1. The lowest BCUT2D eigenvalue weighted by atomic mass is 10.2. The van der Waals surface area contributed by atoms with Gasteiger partial charge in [-0.3, -0.25) is 9.59 Å². The molecule has 1 aliphatic rings. The Morgan fingerprint density at radius 1 is 1.06 bits per heavy atom. The summed E-state index contributed by atoms with van der Waals surface area (Å²) in [6.07, 6.45) is 3.50. The van der Waals surface area contributed by atoms with Gasteiger partial charge in [0.2, 0.25) is 11.8 Å². The quantitative estimate of drug-likeness (QED) is 0.242. The second-order valence-electron chi connectivity index (χ2n) is 8.09. The number of anilines is 1. The minimum atomic E-state index is -0.555. The Bertz CT molecular complexity index is 1430. The summed E-state index contributed by atoms with van der Waals surface area (Å²) >= 11 is 1.19. The van der Waals surface area contributed by atoms with Crippen molar-refractivity contribution in [3.63, 3.8) is 0 Å². The van der Waals surface area contributed by atoms with E-state index in [4.69, 9.17) is 4.74 Å². The van der Waals surface area contributed by atoms with Crippen LogP contribution in [-0.4, -0.2) is 33.4 Å². The number of hydrogen-bond acceptors (Lipinski definition) is 6. The molecule has 1 saturated heterocycles. The van der Waals surface area contributed by atoms with Crippen molar-refractivity contribution in [3.8, 4) is 5.75 Å². The normalized spacial score (nSPS) is 16.5. The van der Waals surface area contributed by atoms with Crippen LogP contribution < -0.4 is 15.4 Å². The van der Waals surface area contributed by atoms with Crippen molar-refractivity contribution >= 4 is 51.5 Å². The Kier molecular flexibility index (Phi) is 7.09. The van der Waals surface area contributed by atoms with Crippen molar-refractivity contribution in [3.05, 3.63) is 96.2 Å². The summed E-state index contributed by atoms with van der Waals surface area (Å²) in [5, 5.41) is 14.5. The van der Waals surface area contributed by atoms with Gasteiger partial charge in [0, 0.05) is 34.8 Å². The number of fused-ring (bicyclic) bond motifs is 1. The van der Waals surface area contributed by atoms with E-state index in [1.165, 1.54) is 11.8 Å². The first-order valence-corrected chi connectivity index (χ1v) is 12.2. The smallest absolute Gasteiger partial charge is 0.240 e. The molecule has 36 heavy (non-hydrogen) atoms. The number of nitrogens with one attached hydrogen (secondary N) is 3. The first kappa shape index (κ1) is 23.4. The van der Waals surface area contributed by atoms with E-state index in [0.717, 1.165) is 27.8 Å². The maximum Gasteiger partial charge on any atom is 0.240 e. The van der Waals surface area contributed by atoms with Crippen LogP contribution in [0.1, 0.15) is 17.5 Å². The molecule has 9 heteroatoms. The molecule has 1 aliphatic heterocycles. The van der Waals surface area contributed by atoms with E-state index in [1.54, 1.807) is 18.3 Å². The Labute approximate surface area is 211 Å². The van der Waals surface area contributed by atoms with Crippen molar-refractivity contribution in [1.29, 1.82) is 0 Å². The fourth-order valence-electron chi connectivity index (χ4n) is 3.69. The predicted octanol–water partition coefficient (Wildman–Crippen LogP) is 4.70. The number of nitrogens with zero attached hydrogens (tertiary/aromatic N) is 2. The van der Waals surface area contributed by atoms with Gasteiger partial charge in [0.25, 0.3) is 0 Å². The van der Waals surface area contributed by atoms with E-state index in [9.17, 15) is 9.59 Å². The number of thioether (sulfide) groups is 1. The molecular weight excluding hydrogens is 474 g/mol. The molecule has 3 aromatic carbocycles. The molecule has 3 N–H and O–H groups in total. The van der Waals surface area contributed by atoms with E-state index in [1.807, 2.05) is 72.9 Å². The van der Waals surface area contributed by atoms with E-state index >= 15 is 0 Å². The van der Waals surface area contributed by atoms with E-state index < -0.39 is 5.25 Å². The molecule has 1 atom stereocenters. The van der Waals surface area contributed by atoms with E-state index in [0.29, 0.717) is 17.5 Å². The Hall–Kier alpha value is -4.37. The first-order valence-electron chi connectivity index (χ1n) is 11.4. The topological polar surface area (TPSA) is 108 Å². The molecule has 180 valence electrons. The summed E-state index contributed by atoms with van der Waals surface area (Å²) < 4.78 is 5.93. The second kappa shape index (κ2) is 10.9. The van der Waals surface area contributed by atoms with Gasteiger partial charge in [-0.2, -0.15) is 5.10 Å². The lowest BCUT2D eigenvalue weighted by Crippen LogP contribution is -2.28. The van der Waals surface area contributed by atoms with Gasteiger partial charge in [-0.25, -0.2) is 0 Å². The number of benzene rings is 3. The van der Waals surface area contributed by atoms with Gasteiger partial charge in [-0.1, -0.05) is 60.3 Å². The van der Waals surface area contributed by atoms with Crippen LogP contribution in [0.4, 0.5) is 5.69 Å². The van der Waals surface area contributed by atoms with Crippen molar-refractivity contribution < 1.29 is 14.3 Å². The SMILES string of the molecule is O=C(CC1S/C(=N\N=C/c2c[nH]c3ccc(OCc4ccccc4)cc23)NC1=O)Nc1ccccc1. The number of H-pyrrole nitrogens is 1. The zero-order valence-corrected chi connectivity index (χ0v) is 20.0. The minimum Gasteiger partial charge on any atom is -0.489 e. The molecule has 0 spiro atoms. The average Bonchev–Trinajstić information content (AvgIpc) is 3.46. The van der Waals surface area contributed by atoms with E-state index in [2.05, 4.69) is 25.8 Å². The van der Waals surface area contributed by atoms with Gasteiger partial charge in [-0.15, -0.1) is 5.10 Å². The second-order valence-corrected chi connectivity index (χ2v) is 9.28. The van der Waals surface area contributed by atoms with E-state index in [-0.39, 0.29) is 18.2 Å². The highest BCUT2D eigenvalue weighted by molar-refractivity contribution is 8.15. The molecule has 1 fully saturated rings. The number of carbonyl (C=O) groups is 2. The Morgan fingerprint density at radius 3 is 2.64 bits per heavy atom. The molecule has 0 bridgehead atoms. The summed E-state index contributed by atoms with van der Waals surface area (Å²) in [7, 11) is 0. The third kappa shape index (κ3) is 5.81. The largest absolute Gasteiger partial charge is 0.489 e. The summed E-state index contributed by atoms with van der Waals surface area (Å²) in [4.78, 5) is 27.8. The number of hydrogen-bond donors (Lipinski definition) is 3. The number of rotatable bonds is 8. The van der Waals surface area contributed by atoms with Crippen LogP contribution in [0.2, 0.25) is 0 Å². The molecule has 1 aromatic heterocycles. The van der Waals surface area contributed by atoms with Crippen molar-refractivity contribution in [2.75, 3.05) is 5.32 Å². The average molecular weight is 498 g/mol. The van der Waals surface area contributed by atoms with Crippen LogP contribution in [0, 0.1) is 0 Å². The van der Waals surface area contributed by atoms with Crippen LogP contribution in [0.3, 0.4) is 0 Å². The van der Waals surface area contributed by atoms with Gasteiger partial charge in [0.15, 0.2) is 5.17 Å². The van der Waals surface area contributed by atoms with Crippen LogP contribution in [0.5, 0.6) is 5.75 Å². The maximum absolute atomic E-state index is 12.3. The highest BCUT2D eigenvalue weighted by Gasteiger charge is 2.32. The number of ether oxygens (including phenoxy) is 1. The molecule has 2 amide bonds. The third-order valence-corrected chi connectivity index (χ3v) is 6.56. The molecule has 0 saturated carbocycles. The van der Waals surface area contributed by atoms with Crippen molar-refractivity contribution in [2.24, 2.45) is 10.2 Å². The van der Waals surface area contributed by atoms with Crippen molar-refractivity contribution in [2.45, 2.75) is 18.3 Å². The minimum absolute atomic E-state index is 0.0440. The first-order chi connectivity index (χ1) is 17.6. The number of para-hydroxylation sites is 1. The molecule has 8 nitrogen and oxygen atoms in total. The molecule has 1 unspecified atom stereocenters. The molecule has 5 rings (SSSR count). The van der Waals surface area contributed by atoms with Gasteiger partial charge >= 0.3 is 0 Å². The fraction of sp³-hybridized carbons (Fsp3) is 0.111. The van der Waals surface area contributed by atoms with Crippen molar-refractivity contribution in [1.82, 2.24) is 10.3 Å². The van der Waals surface area contributed by atoms with Crippen LogP contribution in [-0.2, 0) is 16.2 Å². The zero-order valence-electron chi connectivity index (χ0n) is 19.2. The maximum atomic E-state index is 12.3. The molecular formula is C27H23N5O3S. The highest BCUT2D eigenvalue weighted by Crippen LogP contribution is 2.25. The van der Waals surface area contributed by atoms with Gasteiger partial charge in [-0.05, 0) is 35.9 Å². The number of amidine groups is 1. The standard InChI is InChI=1S/C27H23N5O3S/c33-25(30-20-9-5-2-6-10-20)14-24-26(34)31-27(36-24)32-29-16-19-15-28-23-12-11-21(13-22(19)23)35-17-18-7-3-1-4-8-18/h1-13,15-16,24,28H,14,17H2,(H,30,33)(H,31,32,34)/b29-16-. The van der Waals surface area contributed by atoms with Gasteiger partial charge < -0.3 is 20.4 Å². The lowest BCUT2D eigenvalue weighted by molar-refractivity contribution is -0.122.